The summed E-state index contributed by atoms with van der Waals surface area (Å²) in [5.41, 5.74) is 4.91. The lowest BCUT2D eigenvalue weighted by Crippen LogP contribution is -2.27. The zero-order valence-electron chi connectivity index (χ0n) is 9.31. The van der Waals surface area contributed by atoms with Gasteiger partial charge in [0.1, 0.15) is 0 Å². The van der Waals surface area contributed by atoms with E-state index < -0.39 is 0 Å². The molecule has 3 heteroatoms. The highest BCUT2D eigenvalue weighted by Gasteiger charge is 2.17. The third-order valence-electron chi connectivity index (χ3n) is 3.45. The van der Waals surface area contributed by atoms with Gasteiger partial charge in [-0.2, -0.15) is 0 Å². The molecule has 0 unspecified atom stereocenters. The van der Waals surface area contributed by atoms with Crippen molar-refractivity contribution in [3.8, 4) is 0 Å². The number of nitrogens with one attached hydrogen (secondary N) is 2. The van der Waals surface area contributed by atoms with Crippen LogP contribution in [-0.4, -0.2) is 12.5 Å². The number of rotatable bonds is 0. The largest absolute Gasteiger partial charge is 0.374 e. The fourth-order valence-electron chi connectivity index (χ4n) is 2.58. The van der Waals surface area contributed by atoms with E-state index in [-0.39, 0.29) is 5.91 Å². The lowest BCUT2D eigenvalue weighted by atomic mass is 10.00. The van der Waals surface area contributed by atoms with Crippen molar-refractivity contribution in [2.75, 3.05) is 17.2 Å². The van der Waals surface area contributed by atoms with Gasteiger partial charge in [0.2, 0.25) is 5.91 Å². The smallest absolute Gasteiger partial charge is 0.243 e. The summed E-state index contributed by atoms with van der Waals surface area (Å²) in [6.07, 6.45) is 6.21. The van der Waals surface area contributed by atoms with Gasteiger partial charge in [-0.1, -0.05) is 6.42 Å². The van der Waals surface area contributed by atoms with Crippen LogP contribution in [0.2, 0.25) is 0 Å². The van der Waals surface area contributed by atoms with Crippen LogP contribution >= 0.6 is 0 Å². The molecule has 2 aliphatic rings. The molecule has 1 amide bonds. The van der Waals surface area contributed by atoms with Crippen molar-refractivity contribution in [1.82, 2.24) is 0 Å². The van der Waals surface area contributed by atoms with Crippen LogP contribution in [-0.2, 0) is 17.6 Å². The topological polar surface area (TPSA) is 41.1 Å². The maximum Gasteiger partial charge on any atom is 0.243 e. The quantitative estimate of drug-likeness (QED) is 0.653. The summed E-state index contributed by atoms with van der Waals surface area (Å²) >= 11 is 0. The average molecular weight is 216 g/mol. The van der Waals surface area contributed by atoms with E-state index in [1.807, 2.05) is 0 Å². The molecule has 84 valence electrons. The van der Waals surface area contributed by atoms with E-state index in [0.29, 0.717) is 6.54 Å². The van der Waals surface area contributed by atoms with E-state index in [9.17, 15) is 4.79 Å². The van der Waals surface area contributed by atoms with Crippen LogP contribution in [0.5, 0.6) is 0 Å². The van der Waals surface area contributed by atoms with Crippen LogP contribution in [0.15, 0.2) is 12.1 Å². The zero-order chi connectivity index (χ0) is 11.0. The average Bonchev–Trinajstić information content (AvgIpc) is 2.50. The Morgan fingerprint density at radius 2 is 1.62 bits per heavy atom. The minimum atomic E-state index is 0.0565. The van der Waals surface area contributed by atoms with Gasteiger partial charge in [-0.15, -0.1) is 0 Å². The normalized spacial score (nSPS) is 18.9. The van der Waals surface area contributed by atoms with Crippen molar-refractivity contribution in [2.45, 2.75) is 32.1 Å². The second-order valence-corrected chi connectivity index (χ2v) is 4.63. The third kappa shape index (κ3) is 1.66. The third-order valence-corrected chi connectivity index (χ3v) is 3.45. The Labute approximate surface area is 95.2 Å². The van der Waals surface area contributed by atoms with Gasteiger partial charge >= 0.3 is 0 Å². The molecule has 0 atom stereocenters. The maximum absolute atomic E-state index is 11.3. The van der Waals surface area contributed by atoms with E-state index in [2.05, 4.69) is 22.8 Å². The Bertz CT molecular complexity index is 440. The summed E-state index contributed by atoms with van der Waals surface area (Å²) in [4.78, 5) is 11.3. The predicted octanol–water partition coefficient (Wildman–Crippen LogP) is 2.32. The molecule has 1 aliphatic carbocycles. The van der Waals surface area contributed by atoms with E-state index in [1.54, 1.807) is 0 Å². The first-order valence-electron chi connectivity index (χ1n) is 6.02. The number of carbonyl (C=O) groups excluding carboxylic acids is 1. The molecule has 0 bridgehead atoms. The van der Waals surface area contributed by atoms with E-state index in [4.69, 9.17) is 0 Å². The standard InChI is InChI=1S/C13H16N2O/c16-13-8-14-11-6-9-4-2-1-3-5-10(9)7-12(11)15-13/h6-7,14H,1-5,8H2,(H,15,16). The van der Waals surface area contributed by atoms with Gasteiger partial charge in [0.15, 0.2) is 0 Å². The first kappa shape index (κ1) is 9.70. The molecule has 3 rings (SSSR count). The monoisotopic (exact) mass is 216 g/mol. The van der Waals surface area contributed by atoms with Crippen LogP contribution in [0.3, 0.4) is 0 Å². The zero-order valence-corrected chi connectivity index (χ0v) is 9.31. The molecule has 0 saturated carbocycles. The summed E-state index contributed by atoms with van der Waals surface area (Å²) in [5.74, 6) is 0.0565. The first-order valence-corrected chi connectivity index (χ1v) is 6.02. The van der Waals surface area contributed by atoms with Crippen molar-refractivity contribution < 1.29 is 4.79 Å². The Morgan fingerprint density at radius 1 is 0.938 bits per heavy atom. The molecule has 0 saturated heterocycles. The van der Waals surface area contributed by atoms with Gasteiger partial charge in [-0.05, 0) is 48.9 Å². The number of fused-ring (bicyclic) bond motifs is 2. The minimum Gasteiger partial charge on any atom is -0.374 e. The van der Waals surface area contributed by atoms with Gasteiger partial charge in [0.25, 0.3) is 0 Å². The fourth-order valence-corrected chi connectivity index (χ4v) is 2.58. The first-order chi connectivity index (χ1) is 7.83. The van der Waals surface area contributed by atoms with E-state index in [0.717, 1.165) is 17.8 Å². The van der Waals surface area contributed by atoms with Crippen molar-refractivity contribution in [1.29, 1.82) is 0 Å². The highest BCUT2D eigenvalue weighted by molar-refractivity contribution is 6.00. The van der Waals surface area contributed by atoms with Crippen LogP contribution < -0.4 is 10.6 Å². The van der Waals surface area contributed by atoms with Crippen LogP contribution in [0.4, 0.5) is 11.4 Å². The van der Waals surface area contributed by atoms with Crippen molar-refractivity contribution in [2.24, 2.45) is 0 Å². The molecule has 2 N–H and O–H groups in total. The van der Waals surface area contributed by atoms with Crippen LogP contribution in [0.1, 0.15) is 30.4 Å². The number of benzene rings is 1. The number of amides is 1. The molecule has 16 heavy (non-hydrogen) atoms. The molecule has 3 nitrogen and oxygen atoms in total. The SMILES string of the molecule is O=C1CNc2cc3c(cc2N1)CCCCC3. The summed E-state index contributed by atoms with van der Waals surface area (Å²) in [7, 11) is 0. The molecule has 1 heterocycles. The second-order valence-electron chi connectivity index (χ2n) is 4.63. The lowest BCUT2D eigenvalue weighted by Gasteiger charge is -2.21. The number of hydrogen-bond acceptors (Lipinski definition) is 2. The molecule has 0 radical (unpaired) electrons. The molecule has 0 aromatic heterocycles. The summed E-state index contributed by atoms with van der Waals surface area (Å²) in [6.45, 7) is 0.395. The van der Waals surface area contributed by atoms with Gasteiger partial charge < -0.3 is 10.6 Å². The number of carbonyl (C=O) groups is 1. The summed E-state index contributed by atoms with van der Waals surface area (Å²) in [6, 6.07) is 4.37. The molecule has 0 fully saturated rings. The maximum atomic E-state index is 11.3. The summed E-state index contributed by atoms with van der Waals surface area (Å²) in [5, 5.41) is 6.10. The highest BCUT2D eigenvalue weighted by Crippen LogP contribution is 2.31. The molecule has 1 aliphatic heterocycles. The Morgan fingerprint density at radius 3 is 2.38 bits per heavy atom. The molecule has 1 aromatic carbocycles. The van der Waals surface area contributed by atoms with E-state index in [1.165, 1.54) is 36.8 Å². The fraction of sp³-hybridized carbons (Fsp3) is 0.462. The molecule has 1 aromatic rings. The molecular weight excluding hydrogens is 200 g/mol. The highest BCUT2D eigenvalue weighted by atomic mass is 16.2. The minimum absolute atomic E-state index is 0.0565. The van der Waals surface area contributed by atoms with Gasteiger partial charge in [-0.3, -0.25) is 4.79 Å². The number of aryl methyl sites for hydroxylation is 2. The molecule has 0 spiro atoms. The second kappa shape index (κ2) is 3.81. The molecular formula is C13H16N2O. The lowest BCUT2D eigenvalue weighted by molar-refractivity contribution is -0.114. The summed E-state index contributed by atoms with van der Waals surface area (Å²) < 4.78 is 0. The Kier molecular flexibility index (Phi) is 2.31. The van der Waals surface area contributed by atoms with Crippen molar-refractivity contribution in [3.05, 3.63) is 23.3 Å². The van der Waals surface area contributed by atoms with Crippen LogP contribution in [0.25, 0.3) is 0 Å². The van der Waals surface area contributed by atoms with E-state index >= 15 is 0 Å². The van der Waals surface area contributed by atoms with Gasteiger partial charge in [-0.25, -0.2) is 0 Å². The van der Waals surface area contributed by atoms with Crippen molar-refractivity contribution >= 4 is 17.3 Å². The van der Waals surface area contributed by atoms with Crippen molar-refractivity contribution in [3.63, 3.8) is 0 Å². The van der Waals surface area contributed by atoms with Gasteiger partial charge in [0, 0.05) is 0 Å². The van der Waals surface area contributed by atoms with Crippen LogP contribution in [0, 0.1) is 0 Å². The Balaban J connectivity index is 2.02. The number of hydrogen-bond donors (Lipinski definition) is 2. The Hall–Kier alpha value is -1.51. The van der Waals surface area contributed by atoms with Gasteiger partial charge in [0.05, 0.1) is 17.9 Å². The number of anilines is 2. The predicted molar refractivity (Wildman–Crippen MR) is 64.8 cm³/mol.